The summed E-state index contributed by atoms with van der Waals surface area (Å²) in [7, 11) is 0. The van der Waals surface area contributed by atoms with E-state index in [1.54, 1.807) is 0 Å². The van der Waals surface area contributed by atoms with Crippen LogP contribution in [0.15, 0.2) is 0 Å². The SMILES string of the molecule is C[C@@H]1O[C@@H](O[C@@H]2[C@@H](O)[C@H](C)O[C@@H](O)[C@@H]2O[C@H]2O[C@H](CO[C@@H]3O[C@H](C(=O)O)[C@@H](O)[C@H](O)[C@H]3O)[C@@H](O)[C@H](O)[C@H]2O)[C@H](O)[C@H](O)[C@H]1O. The van der Waals surface area contributed by atoms with Gasteiger partial charge in [0.2, 0.25) is 0 Å². The van der Waals surface area contributed by atoms with Crippen molar-refractivity contribution in [2.45, 2.75) is 137 Å². The van der Waals surface area contributed by atoms with Crippen LogP contribution in [0.1, 0.15) is 13.8 Å². The zero-order chi connectivity index (χ0) is 32.8. The van der Waals surface area contributed by atoms with Crippen LogP contribution < -0.4 is 0 Å². The highest BCUT2D eigenvalue weighted by Crippen LogP contribution is 2.33. The minimum atomic E-state index is -2.00. The van der Waals surface area contributed by atoms with Crippen LogP contribution in [0.2, 0.25) is 0 Å². The summed E-state index contributed by atoms with van der Waals surface area (Å²) in [6, 6.07) is 0. The van der Waals surface area contributed by atoms with Crippen molar-refractivity contribution in [1.29, 1.82) is 0 Å². The van der Waals surface area contributed by atoms with E-state index in [9.17, 15) is 66.1 Å². The van der Waals surface area contributed by atoms with E-state index >= 15 is 0 Å². The quantitative estimate of drug-likeness (QED) is 0.116. The first-order valence-corrected chi connectivity index (χ1v) is 13.8. The second kappa shape index (κ2) is 14.3. The summed E-state index contributed by atoms with van der Waals surface area (Å²) >= 11 is 0. The molecule has 0 unspecified atom stereocenters. The molecule has 20 atom stereocenters. The molecule has 4 fully saturated rings. The minimum Gasteiger partial charge on any atom is -0.479 e. The van der Waals surface area contributed by atoms with Gasteiger partial charge in [0, 0.05) is 0 Å². The van der Waals surface area contributed by atoms with Crippen molar-refractivity contribution in [3.8, 4) is 0 Å². The maximum Gasteiger partial charge on any atom is 0.335 e. The van der Waals surface area contributed by atoms with Gasteiger partial charge >= 0.3 is 5.97 Å². The summed E-state index contributed by atoms with van der Waals surface area (Å²) in [5.41, 5.74) is 0. The first-order chi connectivity index (χ1) is 20.5. The lowest BCUT2D eigenvalue weighted by molar-refractivity contribution is -0.386. The number of hydrogen-bond donors (Lipinski definition) is 12. The molecule has 0 radical (unpaired) electrons. The molecular weight excluding hydrogens is 608 g/mol. The average molecular weight is 649 g/mol. The number of aliphatic hydroxyl groups is 11. The van der Waals surface area contributed by atoms with E-state index in [0.29, 0.717) is 0 Å². The monoisotopic (exact) mass is 648 g/mol. The second-order valence-corrected chi connectivity index (χ2v) is 11.2. The van der Waals surface area contributed by atoms with E-state index in [-0.39, 0.29) is 0 Å². The van der Waals surface area contributed by atoms with Crippen LogP contribution >= 0.6 is 0 Å². The number of aliphatic carboxylic acids is 1. The van der Waals surface area contributed by atoms with Crippen molar-refractivity contribution in [2.75, 3.05) is 6.61 Å². The highest BCUT2D eigenvalue weighted by molar-refractivity contribution is 5.73. The maximum atomic E-state index is 11.3. The van der Waals surface area contributed by atoms with Crippen molar-refractivity contribution >= 4 is 5.97 Å². The summed E-state index contributed by atoms with van der Waals surface area (Å²) in [6.45, 7) is 1.97. The highest BCUT2D eigenvalue weighted by Gasteiger charge is 2.54. The summed E-state index contributed by atoms with van der Waals surface area (Å²) < 4.78 is 37.8. The Hall–Kier alpha value is -1.25. The molecule has 0 aromatic rings. The molecule has 256 valence electrons. The van der Waals surface area contributed by atoms with Gasteiger partial charge in [-0.05, 0) is 13.8 Å². The first kappa shape index (κ1) is 35.6. The van der Waals surface area contributed by atoms with Gasteiger partial charge in [-0.1, -0.05) is 0 Å². The molecule has 4 heterocycles. The molecule has 44 heavy (non-hydrogen) atoms. The molecule has 4 saturated heterocycles. The number of carbonyl (C=O) groups is 1. The Morgan fingerprint density at radius 2 is 1.05 bits per heavy atom. The molecule has 4 rings (SSSR count). The highest BCUT2D eigenvalue weighted by atomic mass is 16.8. The minimum absolute atomic E-state index is 0.773. The topological polar surface area (TPSA) is 324 Å². The summed E-state index contributed by atoms with van der Waals surface area (Å²) in [5.74, 6) is -1.68. The van der Waals surface area contributed by atoms with Gasteiger partial charge in [0.15, 0.2) is 31.3 Å². The fraction of sp³-hybridized carbons (Fsp3) is 0.958. The molecular formula is C24H40O20. The number of ether oxygens (including phenoxy) is 7. The van der Waals surface area contributed by atoms with E-state index in [0.717, 1.165) is 0 Å². The smallest absolute Gasteiger partial charge is 0.335 e. The van der Waals surface area contributed by atoms with Gasteiger partial charge in [0.05, 0.1) is 18.8 Å². The molecule has 20 nitrogen and oxygen atoms in total. The van der Waals surface area contributed by atoms with Crippen LogP contribution in [-0.4, -0.2) is 197 Å². The molecule has 0 aliphatic carbocycles. The van der Waals surface area contributed by atoms with Crippen molar-refractivity contribution in [3.05, 3.63) is 0 Å². The molecule has 0 aromatic heterocycles. The predicted octanol–water partition coefficient (Wildman–Crippen LogP) is -7.60. The zero-order valence-electron chi connectivity index (χ0n) is 23.4. The molecule has 0 spiro atoms. The number of rotatable bonds is 8. The molecule has 4 aliphatic heterocycles. The summed E-state index contributed by atoms with van der Waals surface area (Å²) in [4.78, 5) is 11.3. The van der Waals surface area contributed by atoms with Crippen LogP contribution in [-0.2, 0) is 38.0 Å². The number of hydrogen-bond acceptors (Lipinski definition) is 19. The third-order valence-electron chi connectivity index (χ3n) is 8.07. The van der Waals surface area contributed by atoms with Crippen molar-refractivity contribution < 1.29 is 99.2 Å². The van der Waals surface area contributed by atoms with Crippen LogP contribution in [0.5, 0.6) is 0 Å². The van der Waals surface area contributed by atoms with E-state index < -0.39 is 135 Å². The third-order valence-corrected chi connectivity index (χ3v) is 8.07. The number of carboxylic acid groups (broad SMARTS) is 1. The van der Waals surface area contributed by atoms with Gasteiger partial charge in [0.25, 0.3) is 0 Å². The molecule has 4 aliphatic rings. The van der Waals surface area contributed by atoms with Crippen molar-refractivity contribution in [2.24, 2.45) is 0 Å². The van der Waals surface area contributed by atoms with Gasteiger partial charge in [-0.15, -0.1) is 0 Å². The summed E-state index contributed by atoms with van der Waals surface area (Å²) in [5, 5.41) is 123. The Kier molecular flexibility index (Phi) is 11.5. The normalized spacial score (nSPS) is 53.8. The van der Waals surface area contributed by atoms with Crippen LogP contribution in [0, 0.1) is 0 Å². The molecule has 0 amide bonds. The third kappa shape index (κ3) is 7.02. The van der Waals surface area contributed by atoms with E-state index in [2.05, 4.69) is 0 Å². The largest absolute Gasteiger partial charge is 0.479 e. The Morgan fingerprint density at radius 1 is 0.545 bits per heavy atom. The Morgan fingerprint density at radius 3 is 1.66 bits per heavy atom. The molecule has 0 bridgehead atoms. The lowest BCUT2D eigenvalue weighted by Crippen LogP contribution is -2.66. The van der Waals surface area contributed by atoms with Gasteiger partial charge in [-0.3, -0.25) is 0 Å². The fourth-order valence-corrected chi connectivity index (χ4v) is 5.29. The Balaban J connectivity index is 1.47. The van der Waals surface area contributed by atoms with Gasteiger partial charge in [0.1, 0.15) is 79.4 Å². The van der Waals surface area contributed by atoms with Crippen molar-refractivity contribution in [1.82, 2.24) is 0 Å². The van der Waals surface area contributed by atoms with Gasteiger partial charge in [-0.25, -0.2) is 4.79 Å². The van der Waals surface area contributed by atoms with Crippen molar-refractivity contribution in [3.63, 3.8) is 0 Å². The van der Waals surface area contributed by atoms with E-state index in [1.165, 1.54) is 13.8 Å². The van der Waals surface area contributed by atoms with Gasteiger partial charge in [-0.2, -0.15) is 0 Å². The first-order valence-electron chi connectivity index (χ1n) is 13.8. The Bertz CT molecular complexity index is 959. The molecule has 20 heteroatoms. The molecule has 0 aromatic carbocycles. The van der Waals surface area contributed by atoms with Crippen LogP contribution in [0.25, 0.3) is 0 Å². The second-order valence-electron chi connectivity index (χ2n) is 11.2. The number of aliphatic hydroxyl groups excluding tert-OH is 11. The average Bonchev–Trinajstić information content (AvgIpc) is 2.97. The maximum absolute atomic E-state index is 11.3. The lowest BCUT2D eigenvalue weighted by atomic mass is 9.96. The fourth-order valence-electron chi connectivity index (χ4n) is 5.29. The van der Waals surface area contributed by atoms with E-state index in [1.807, 2.05) is 0 Å². The van der Waals surface area contributed by atoms with Crippen LogP contribution in [0.3, 0.4) is 0 Å². The standard InChI is InChI=1S/C24H40O20/c1-4-7(25)10(28)15(33)23(40-4)42-17-8(26)5(2)39-21(37)19(17)44-24-16(34)11(29)9(27)6(41-24)3-38-22-14(32)12(30)13(31)18(43-22)20(35)36/h4-19,21-34,37H,3H2,1-2H3,(H,35,36)/t4-,5-,6+,7-,8-,9+,10+,11-,12-,13-,14+,15+,16+,17+,18-,19+,21+,22+,23-,24+/m0/s1. The van der Waals surface area contributed by atoms with Crippen LogP contribution in [0.4, 0.5) is 0 Å². The van der Waals surface area contributed by atoms with Gasteiger partial charge < -0.3 is 94.4 Å². The Labute approximate surface area is 249 Å². The van der Waals surface area contributed by atoms with E-state index in [4.69, 9.17) is 33.2 Å². The predicted molar refractivity (Wildman–Crippen MR) is 132 cm³/mol. The molecule has 0 saturated carbocycles. The number of carboxylic acids is 1. The lowest BCUT2D eigenvalue weighted by Gasteiger charge is -2.48. The summed E-state index contributed by atoms with van der Waals surface area (Å²) in [6.07, 6.45) is -34.7. The zero-order valence-corrected chi connectivity index (χ0v) is 23.4. The molecule has 12 N–H and O–H groups in total.